The Morgan fingerprint density at radius 1 is 1.31 bits per heavy atom. The Morgan fingerprint density at radius 3 is 2.93 bits per heavy atom. The largest absolute Gasteiger partial charge is 0.393 e. The summed E-state index contributed by atoms with van der Waals surface area (Å²) in [5, 5.41) is 15.4. The molecule has 1 aliphatic rings. The van der Waals surface area contributed by atoms with Crippen LogP contribution in [0.1, 0.15) is 46.1 Å². The molecule has 0 aliphatic heterocycles. The summed E-state index contributed by atoms with van der Waals surface area (Å²) >= 11 is 3.76. The fraction of sp³-hybridized carbons (Fsp3) is 0.318. The van der Waals surface area contributed by atoms with Gasteiger partial charge in [-0.1, -0.05) is 19.1 Å². The summed E-state index contributed by atoms with van der Waals surface area (Å²) in [7, 11) is 0. The number of anilines is 1. The molecule has 1 aromatic carbocycles. The van der Waals surface area contributed by atoms with Gasteiger partial charge in [-0.3, -0.25) is 4.79 Å². The van der Waals surface area contributed by atoms with Crippen LogP contribution in [0.3, 0.4) is 0 Å². The number of nitrogens with one attached hydrogen (secondary N) is 1. The highest BCUT2D eigenvalue weighted by Crippen LogP contribution is 2.29. The first-order valence-corrected chi connectivity index (χ1v) is 11.6. The molecular weight excluding hydrogens is 497 g/mol. The van der Waals surface area contributed by atoms with Crippen molar-refractivity contribution in [1.82, 2.24) is 9.97 Å². The molecule has 1 fully saturated rings. The first-order valence-electron chi connectivity index (χ1n) is 9.60. The van der Waals surface area contributed by atoms with Gasteiger partial charge in [0.1, 0.15) is 12.1 Å². The summed E-state index contributed by atoms with van der Waals surface area (Å²) in [6.45, 7) is 2.04. The highest BCUT2D eigenvalue weighted by molar-refractivity contribution is 14.1. The molecule has 4 rings (SSSR count). The molecule has 3 aromatic rings. The van der Waals surface area contributed by atoms with Crippen LogP contribution in [0.5, 0.6) is 0 Å². The molecule has 0 bridgehead atoms. The van der Waals surface area contributed by atoms with Gasteiger partial charge in [-0.25, -0.2) is 9.97 Å². The van der Waals surface area contributed by atoms with Crippen molar-refractivity contribution in [3.8, 4) is 0 Å². The third-order valence-corrected chi connectivity index (χ3v) is 6.96. The first kappa shape index (κ1) is 20.4. The zero-order valence-electron chi connectivity index (χ0n) is 16.0. The normalized spacial score (nSPS) is 21.3. The summed E-state index contributed by atoms with van der Waals surface area (Å²) in [4.78, 5) is 22.2. The number of rotatable bonds is 6. The highest BCUT2D eigenvalue weighted by atomic mass is 127. The Labute approximate surface area is 187 Å². The van der Waals surface area contributed by atoms with E-state index in [0.717, 1.165) is 18.4 Å². The fourth-order valence-electron chi connectivity index (χ4n) is 3.75. The lowest BCUT2D eigenvalue weighted by Crippen LogP contribution is -2.20. The summed E-state index contributed by atoms with van der Waals surface area (Å²) in [6.07, 6.45) is 5.04. The van der Waals surface area contributed by atoms with Crippen molar-refractivity contribution < 1.29 is 9.90 Å². The monoisotopic (exact) mass is 519 g/mol. The highest BCUT2D eigenvalue weighted by Gasteiger charge is 2.30. The number of benzene rings is 1. The molecule has 0 radical (unpaired) electrons. The topological polar surface area (TPSA) is 75.1 Å². The van der Waals surface area contributed by atoms with Gasteiger partial charge in [-0.05, 0) is 82.5 Å². The molecule has 2 heterocycles. The Hall–Kier alpha value is -1.84. The van der Waals surface area contributed by atoms with Gasteiger partial charge in [0.15, 0.2) is 0 Å². The molecule has 1 aliphatic carbocycles. The van der Waals surface area contributed by atoms with Gasteiger partial charge in [0.25, 0.3) is 0 Å². The lowest BCUT2D eigenvalue weighted by molar-refractivity contribution is 0.104. The standard InChI is InChI=1S/C22H22IN3O2S/c1-13-5-17(9-19(13)27)26-22-18(10-24-12-25-22)21(28)20-8-15(11-29-20)6-14-3-2-4-16(23)7-14/h2-4,7-8,10-13,17,19,27H,5-6,9H2,1H3,(H,24,25,26)/t13-,17-,19+/m1/s1. The van der Waals surface area contributed by atoms with Gasteiger partial charge in [-0.2, -0.15) is 0 Å². The maximum atomic E-state index is 13.1. The van der Waals surface area contributed by atoms with E-state index in [-0.39, 0.29) is 23.8 Å². The van der Waals surface area contributed by atoms with Gasteiger partial charge < -0.3 is 10.4 Å². The van der Waals surface area contributed by atoms with Gasteiger partial charge in [0.05, 0.1) is 16.5 Å². The molecule has 3 atom stereocenters. The summed E-state index contributed by atoms with van der Waals surface area (Å²) < 4.78 is 1.20. The number of hydrogen-bond donors (Lipinski definition) is 2. The Bertz CT molecular complexity index is 1010. The molecule has 1 saturated carbocycles. The van der Waals surface area contributed by atoms with E-state index in [4.69, 9.17) is 0 Å². The zero-order chi connectivity index (χ0) is 20.4. The minimum atomic E-state index is -0.311. The average molecular weight is 519 g/mol. The van der Waals surface area contributed by atoms with E-state index in [9.17, 15) is 9.90 Å². The molecule has 29 heavy (non-hydrogen) atoms. The summed E-state index contributed by atoms with van der Waals surface area (Å²) in [5.41, 5.74) is 2.83. The van der Waals surface area contributed by atoms with E-state index in [0.29, 0.717) is 22.7 Å². The van der Waals surface area contributed by atoms with Crippen LogP contribution in [0.25, 0.3) is 0 Å². The molecule has 0 unspecified atom stereocenters. The number of halogens is 1. The smallest absolute Gasteiger partial charge is 0.208 e. The van der Waals surface area contributed by atoms with Crippen LogP contribution >= 0.6 is 33.9 Å². The average Bonchev–Trinajstić information content (AvgIpc) is 3.28. The van der Waals surface area contributed by atoms with E-state index >= 15 is 0 Å². The molecule has 2 N–H and O–H groups in total. The number of carbonyl (C=O) groups excluding carboxylic acids is 1. The third kappa shape index (κ3) is 4.84. The van der Waals surface area contributed by atoms with E-state index in [1.165, 1.54) is 26.8 Å². The number of carbonyl (C=O) groups is 1. The molecule has 0 amide bonds. The van der Waals surface area contributed by atoms with Crippen LogP contribution in [0, 0.1) is 9.49 Å². The minimum absolute atomic E-state index is 0.0708. The number of thiophene rings is 1. The lowest BCUT2D eigenvalue weighted by atomic mass is 10.1. The second-order valence-electron chi connectivity index (χ2n) is 7.60. The van der Waals surface area contributed by atoms with Crippen LogP contribution in [0.4, 0.5) is 5.82 Å². The maximum absolute atomic E-state index is 13.1. The molecule has 0 saturated heterocycles. The van der Waals surface area contributed by atoms with Gasteiger partial charge >= 0.3 is 0 Å². The van der Waals surface area contributed by atoms with E-state index in [2.05, 4.69) is 62.1 Å². The van der Waals surface area contributed by atoms with Crippen LogP contribution in [-0.4, -0.2) is 33.0 Å². The molecule has 5 nitrogen and oxygen atoms in total. The van der Waals surface area contributed by atoms with Crippen LogP contribution in [0.15, 0.2) is 48.2 Å². The Balaban J connectivity index is 1.51. The van der Waals surface area contributed by atoms with Crippen molar-refractivity contribution in [3.05, 3.63) is 73.4 Å². The Morgan fingerprint density at radius 2 is 2.17 bits per heavy atom. The minimum Gasteiger partial charge on any atom is -0.393 e. The van der Waals surface area contributed by atoms with Crippen molar-refractivity contribution >= 4 is 45.5 Å². The van der Waals surface area contributed by atoms with Crippen molar-refractivity contribution in [2.75, 3.05) is 5.32 Å². The first-order chi connectivity index (χ1) is 14.0. The van der Waals surface area contributed by atoms with E-state index in [1.54, 1.807) is 6.20 Å². The van der Waals surface area contributed by atoms with Crippen LogP contribution < -0.4 is 5.32 Å². The third-order valence-electron chi connectivity index (χ3n) is 5.31. The summed E-state index contributed by atoms with van der Waals surface area (Å²) in [6, 6.07) is 10.5. The van der Waals surface area contributed by atoms with Crippen LogP contribution in [0.2, 0.25) is 0 Å². The maximum Gasteiger partial charge on any atom is 0.208 e. The summed E-state index contributed by atoms with van der Waals surface area (Å²) in [5.74, 6) is 0.719. The molecule has 0 spiro atoms. The van der Waals surface area contributed by atoms with Gasteiger partial charge in [0.2, 0.25) is 5.78 Å². The van der Waals surface area contributed by atoms with Gasteiger partial charge in [0, 0.05) is 15.8 Å². The fourth-order valence-corrected chi connectivity index (χ4v) is 5.22. The second-order valence-corrected chi connectivity index (χ2v) is 9.75. The van der Waals surface area contributed by atoms with Crippen LogP contribution in [-0.2, 0) is 6.42 Å². The second kappa shape index (κ2) is 8.89. The number of ketones is 1. The molecular formula is C22H22IN3O2S. The van der Waals surface area contributed by atoms with Crippen molar-refractivity contribution in [2.24, 2.45) is 5.92 Å². The quantitative estimate of drug-likeness (QED) is 0.370. The van der Waals surface area contributed by atoms with Crippen molar-refractivity contribution in [1.29, 1.82) is 0 Å². The predicted octanol–water partition coefficient (Wildman–Crippen LogP) is 4.54. The molecule has 7 heteroatoms. The Kier molecular flexibility index (Phi) is 6.26. The SMILES string of the molecule is C[C@@H]1C[C@@H](Nc2ncncc2C(=O)c2cc(Cc3cccc(I)c3)cs2)C[C@@H]1O. The number of aromatic nitrogens is 2. The van der Waals surface area contributed by atoms with Crippen molar-refractivity contribution in [3.63, 3.8) is 0 Å². The predicted molar refractivity (Wildman–Crippen MR) is 124 cm³/mol. The zero-order valence-corrected chi connectivity index (χ0v) is 19.0. The van der Waals surface area contributed by atoms with E-state index < -0.39 is 0 Å². The van der Waals surface area contributed by atoms with E-state index in [1.807, 2.05) is 18.4 Å². The molecule has 150 valence electrons. The number of nitrogens with zero attached hydrogens (tertiary/aromatic N) is 2. The number of aliphatic hydroxyl groups is 1. The lowest BCUT2D eigenvalue weighted by Gasteiger charge is -2.15. The van der Waals surface area contributed by atoms with Gasteiger partial charge in [-0.15, -0.1) is 11.3 Å². The number of hydrogen-bond acceptors (Lipinski definition) is 6. The van der Waals surface area contributed by atoms with Crippen molar-refractivity contribution in [2.45, 2.75) is 38.3 Å². The molecule has 2 aromatic heterocycles. The number of aliphatic hydroxyl groups excluding tert-OH is 1.